The molecule has 3 rings (SSSR count). The first kappa shape index (κ1) is 26.4. The van der Waals surface area contributed by atoms with E-state index in [9.17, 15) is 27.9 Å². The van der Waals surface area contributed by atoms with Crippen molar-refractivity contribution in [2.45, 2.75) is 19.6 Å². The molecule has 1 heterocycles. The average Bonchev–Trinajstić information content (AvgIpc) is 3.33. The van der Waals surface area contributed by atoms with Gasteiger partial charge in [-0.15, -0.1) is 11.3 Å². The fourth-order valence-corrected chi connectivity index (χ4v) is 3.45. The standard InChI is InChI=1S/C21H20N2O3S.C2HF3O2/c1-2-23(14-15-7-4-3-5-8-15)18-11-10-16(13-17(18)21(25)26)22-20(24)19-9-6-12-27-19;3-2(4,5)1(6)7/h3-13H,2,14H2,1H3,(H,22,24)(H,25,26);(H,6,7). The Morgan fingerprint density at radius 3 is 2.15 bits per heavy atom. The van der Waals surface area contributed by atoms with Crippen LogP contribution in [0.2, 0.25) is 0 Å². The van der Waals surface area contributed by atoms with Crippen molar-refractivity contribution in [3.63, 3.8) is 0 Å². The third kappa shape index (κ3) is 7.62. The molecule has 0 atom stereocenters. The van der Waals surface area contributed by atoms with Gasteiger partial charge < -0.3 is 20.4 Å². The molecule has 0 radical (unpaired) electrons. The van der Waals surface area contributed by atoms with E-state index in [-0.39, 0.29) is 11.5 Å². The van der Waals surface area contributed by atoms with E-state index in [0.717, 1.165) is 5.56 Å². The van der Waals surface area contributed by atoms with Crippen molar-refractivity contribution in [2.75, 3.05) is 16.8 Å². The Morgan fingerprint density at radius 2 is 1.65 bits per heavy atom. The molecule has 0 saturated heterocycles. The van der Waals surface area contributed by atoms with Crippen LogP contribution in [0, 0.1) is 0 Å². The number of hydrogen-bond donors (Lipinski definition) is 3. The van der Waals surface area contributed by atoms with E-state index in [1.54, 1.807) is 24.3 Å². The van der Waals surface area contributed by atoms with Gasteiger partial charge in [0.2, 0.25) is 0 Å². The Morgan fingerprint density at radius 1 is 1.00 bits per heavy atom. The Kier molecular flexibility index (Phi) is 9.19. The zero-order chi connectivity index (χ0) is 25.3. The number of halogens is 3. The normalized spacial score (nSPS) is 10.6. The van der Waals surface area contributed by atoms with Crippen molar-refractivity contribution in [3.05, 3.63) is 82.0 Å². The molecule has 0 unspecified atom stereocenters. The Labute approximate surface area is 197 Å². The first-order chi connectivity index (χ1) is 16.0. The van der Waals surface area contributed by atoms with Crippen LogP contribution >= 0.6 is 11.3 Å². The van der Waals surface area contributed by atoms with Gasteiger partial charge in [0.15, 0.2) is 0 Å². The SMILES string of the molecule is CCN(Cc1ccccc1)c1ccc(NC(=O)c2cccs2)cc1C(=O)O.O=C(O)C(F)(F)F. The number of rotatable bonds is 7. The minimum Gasteiger partial charge on any atom is -0.478 e. The van der Waals surface area contributed by atoms with Crippen LogP contribution in [-0.2, 0) is 11.3 Å². The molecule has 1 amide bonds. The first-order valence-electron chi connectivity index (χ1n) is 9.84. The lowest BCUT2D eigenvalue weighted by molar-refractivity contribution is -0.192. The molecule has 0 fully saturated rings. The summed E-state index contributed by atoms with van der Waals surface area (Å²) in [5, 5.41) is 21.4. The van der Waals surface area contributed by atoms with E-state index in [0.29, 0.717) is 29.3 Å². The van der Waals surface area contributed by atoms with Crippen LogP contribution in [0.1, 0.15) is 32.5 Å². The van der Waals surface area contributed by atoms with Gasteiger partial charge in [-0.3, -0.25) is 4.79 Å². The maximum Gasteiger partial charge on any atom is 0.490 e. The minimum absolute atomic E-state index is 0.164. The first-order valence-corrected chi connectivity index (χ1v) is 10.7. The number of nitrogens with zero attached hydrogens (tertiary/aromatic N) is 1. The lowest BCUT2D eigenvalue weighted by atomic mass is 10.1. The molecule has 11 heteroatoms. The van der Waals surface area contributed by atoms with Crippen LogP contribution in [0.25, 0.3) is 0 Å². The highest BCUT2D eigenvalue weighted by Gasteiger charge is 2.38. The molecule has 0 bridgehead atoms. The Bertz CT molecular complexity index is 1120. The van der Waals surface area contributed by atoms with E-state index >= 15 is 0 Å². The molecule has 0 spiro atoms. The molecule has 2 aromatic carbocycles. The highest BCUT2D eigenvalue weighted by atomic mass is 32.1. The molecular weight excluding hydrogens is 473 g/mol. The van der Waals surface area contributed by atoms with Crippen LogP contribution in [0.3, 0.4) is 0 Å². The zero-order valence-corrected chi connectivity index (χ0v) is 18.7. The van der Waals surface area contributed by atoms with Crippen molar-refractivity contribution >= 4 is 40.6 Å². The van der Waals surface area contributed by atoms with E-state index in [1.807, 2.05) is 47.5 Å². The van der Waals surface area contributed by atoms with Gasteiger partial charge in [0.25, 0.3) is 5.91 Å². The fourth-order valence-electron chi connectivity index (χ4n) is 2.83. The average molecular weight is 494 g/mol. The summed E-state index contributed by atoms with van der Waals surface area (Å²) in [6.45, 7) is 3.26. The second-order valence-corrected chi connectivity index (χ2v) is 7.72. The van der Waals surface area contributed by atoms with Gasteiger partial charge in [0.05, 0.1) is 16.1 Å². The van der Waals surface area contributed by atoms with Crippen LogP contribution in [0.5, 0.6) is 0 Å². The molecule has 1 aromatic heterocycles. The van der Waals surface area contributed by atoms with Gasteiger partial charge >= 0.3 is 18.1 Å². The summed E-state index contributed by atoms with van der Waals surface area (Å²) in [6, 6.07) is 18.4. The van der Waals surface area contributed by atoms with Gasteiger partial charge in [0, 0.05) is 18.8 Å². The molecule has 7 nitrogen and oxygen atoms in total. The zero-order valence-electron chi connectivity index (χ0n) is 17.9. The van der Waals surface area contributed by atoms with Gasteiger partial charge in [-0.05, 0) is 42.1 Å². The van der Waals surface area contributed by atoms with Gasteiger partial charge in [0.1, 0.15) is 0 Å². The van der Waals surface area contributed by atoms with Gasteiger partial charge in [-0.25, -0.2) is 9.59 Å². The highest BCUT2D eigenvalue weighted by Crippen LogP contribution is 2.26. The smallest absolute Gasteiger partial charge is 0.478 e. The number of carbonyl (C=O) groups is 3. The maximum atomic E-state index is 12.2. The third-order valence-corrected chi connectivity index (χ3v) is 5.28. The molecule has 3 aromatic rings. The topological polar surface area (TPSA) is 107 Å². The van der Waals surface area contributed by atoms with Gasteiger partial charge in [-0.1, -0.05) is 36.4 Å². The Hall–Kier alpha value is -3.86. The largest absolute Gasteiger partial charge is 0.490 e. The number of amides is 1. The fraction of sp³-hybridized carbons (Fsp3) is 0.174. The summed E-state index contributed by atoms with van der Waals surface area (Å²) in [6.07, 6.45) is -5.08. The summed E-state index contributed by atoms with van der Waals surface area (Å²) in [7, 11) is 0. The van der Waals surface area contributed by atoms with Crippen molar-refractivity contribution in [2.24, 2.45) is 0 Å². The molecule has 0 aliphatic rings. The number of benzene rings is 2. The van der Waals surface area contributed by atoms with Gasteiger partial charge in [-0.2, -0.15) is 13.2 Å². The quantitative estimate of drug-likeness (QED) is 0.408. The number of carboxylic acid groups (broad SMARTS) is 2. The number of hydrogen-bond acceptors (Lipinski definition) is 5. The van der Waals surface area contributed by atoms with E-state index in [1.165, 1.54) is 17.4 Å². The van der Waals surface area contributed by atoms with Crippen molar-refractivity contribution in [1.29, 1.82) is 0 Å². The lowest BCUT2D eigenvalue weighted by Crippen LogP contribution is -2.24. The lowest BCUT2D eigenvalue weighted by Gasteiger charge is -2.25. The second-order valence-electron chi connectivity index (χ2n) is 6.77. The number of alkyl halides is 3. The van der Waals surface area contributed by atoms with E-state index < -0.39 is 18.1 Å². The number of aliphatic carboxylic acids is 1. The van der Waals surface area contributed by atoms with E-state index in [4.69, 9.17) is 9.90 Å². The van der Waals surface area contributed by atoms with Crippen LogP contribution in [0.4, 0.5) is 24.5 Å². The highest BCUT2D eigenvalue weighted by molar-refractivity contribution is 7.12. The van der Waals surface area contributed by atoms with Crippen LogP contribution in [-0.4, -0.2) is 40.8 Å². The summed E-state index contributed by atoms with van der Waals surface area (Å²) < 4.78 is 31.7. The molecule has 0 aliphatic carbocycles. The molecule has 3 N–H and O–H groups in total. The summed E-state index contributed by atoms with van der Waals surface area (Å²) >= 11 is 1.34. The molecule has 0 aliphatic heterocycles. The number of carboxylic acids is 2. The van der Waals surface area contributed by atoms with Crippen molar-refractivity contribution in [3.8, 4) is 0 Å². The second kappa shape index (κ2) is 11.8. The number of nitrogens with one attached hydrogen (secondary N) is 1. The number of carbonyl (C=O) groups excluding carboxylic acids is 1. The monoisotopic (exact) mass is 494 g/mol. The molecular formula is C23H21F3N2O5S. The van der Waals surface area contributed by atoms with E-state index in [2.05, 4.69) is 5.32 Å². The molecule has 34 heavy (non-hydrogen) atoms. The van der Waals surface area contributed by atoms with Crippen LogP contribution < -0.4 is 10.2 Å². The Balaban J connectivity index is 0.000000509. The summed E-state index contributed by atoms with van der Waals surface area (Å²) in [4.78, 5) is 35.5. The third-order valence-electron chi connectivity index (χ3n) is 4.41. The number of thiophene rings is 1. The maximum absolute atomic E-state index is 12.2. The predicted molar refractivity (Wildman–Crippen MR) is 123 cm³/mol. The number of anilines is 2. The molecule has 180 valence electrons. The van der Waals surface area contributed by atoms with Crippen molar-refractivity contribution < 1.29 is 37.8 Å². The minimum atomic E-state index is -5.08. The number of aromatic carboxylic acids is 1. The van der Waals surface area contributed by atoms with Crippen LogP contribution in [0.15, 0.2) is 66.0 Å². The summed E-state index contributed by atoms with van der Waals surface area (Å²) in [5.74, 6) is -4.03. The summed E-state index contributed by atoms with van der Waals surface area (Å²) in [5.41, 5.74) is 2.36. The molecule has 0 saturated carbocycles. The van der Waals surface area contributed by atoms with Crippen molar-refractivity contribution in [1.82, 2.24) is 0 Å². The predicted octanol–water partition coefficient (Wildman–Crippen LogP) is 5.36.